The molecule has 0 heterocycles. The van der Waals surface area contributed by atoms with Crippen LogP contribution in [0.1, 0.15) is 30.1 Å². The van der Waals surface area contributed by atoms with Crippen molar-refractivity contribution in [2.24, 2.45) is 5.92 Å². The third kappa shape index (κ3) is 2.39. The predicted molar refractivity (Wildman–Crippen MR) is 59.1 cm³/mol. The highest BCUT2D eigenvalue weighted by molar-refractivity contribution is 6.30. The molecule has 0 unspecified atom stereocenters. The second-order valence-corrected chi connectivity index (χ2v) is 4.83. The van der Waals surface area contributed by atoms with Crippen LogP contribution in [0.25, 0.3) is 0 Å². The van der Waals surface area contributed by atoms with Crippen molar-refractivity contribution >= 4 is 17.4 Å². The maximum Gasteiger partial charge on any atom is 0.163 e. The highest BCUT2D eigenvalue weighted by Gasteiger charge is 2.49. The van der Waals surface area contributed by atoms with Crippen molar-refractivity contribution in [1.82, 2.24) is 0 Å². The molecular formula is C12H13ClO2. The van der Waals surface area contributed by atoms with Crippen molar-refractivity contribution in [2.75, 3.05) is 0 Å². The number of aliphatic hydroxyl groups is 1. The first-order chi connectivity index (χ1) is 6.99. The van der Waals surface area contributed by atoms with Crippen LogP contribution in [0, 0.1) is 5.92 Å². The summed E-state index contributed by atoms with van der Waals surface area (Å²) in [4.78, 5) is 11.7. The van der Waals surface area contributed by atoms with E-state index in [4.69, 9.17) is 11.6 Å². The molecular weight excluding hydrogens is 212 g/mol. The van der Waals surface area contributed by atoms with E-state index in [1.54, 1.807) is 31.2 Å². The molecule has 0 radical (unpaired) electrons. The number of hydrogen-bond acceptors (Lipinski definition) is 2. The van der Waals surface area contributed by atoms with E-state index in [1.165, 1.54) is 0 Å². The van der Waals surface area contributed by atoms with Gasteiger partial charge in [-0.25, -0.2) is 0 Å². The van der Waals surface area contributed by atoms with Crippen LogP contribution in [-0.4, -0.2) is 16.5 Å². The van der Waals surface area contributed by atoms with E-state index in [9.17, 15) is 9.90 Å². The zero-order valence-corrected chi connectivity index (χ0v) is 9.29. The summed E-state index contributed by atoms with van der Waals surface area (Å²) in [6, 6.07) is 6.86. The van der Waals surface area contributed by atoms with Crippen LogP contribution in [-0.2, 0) is 0 Å². The maximum absolute atomic E-state index is 11.7. The van der Waals surface area contributed by atoms with Gasteiger partial charge in [-0.05, 0) is 43.5 Å². The van der Waals surface area contributed by atoms with E-state index >= 15 is 0 Å². The number of carbonyl (C=O) groups excluding carboxylic acids is 1. The number of ketones is 1. The SMILES string of the molecule is C[C@@]1(O)C[C@@H]1CC(=O)c1ccc(Cl)cc1. The van der Waals surface area contributed by atoms with E-state index < -0.39 is 5.60 Å². The lowest BCUT2D eigenvalue weighted by Gasteiger charge is -2.02. The second kappa shape index (κ2) is 3.62. The van der Waals surface area contributed by atoms with Gasteiger partial charge in [0.25, 0.3) is 0 Å². The van der Waals surface area contributed by atoms with Crippen molar-refractivity contribution in [1.29, 1.82) is 0 Å². The average molecular weight is 225 g/mol. The molecule has 0 aromatic heterocycles. The average Bonchev–Trinajstić information content (AvgIpc) is 2.74. The second-order valence-electron chi connectivity index (χ2n) is 4.39. The summed E-state index contributed by atoms with van der Waals surface area (Å²) in [7, 11) is 0. The van der Waals surface area contributed by atoms with E-state index in [1.807, 2.05) is 0 Å². The summed E-state index contributed by atoms with van der Waals surface area (Å²) < 4.78 is 0. The van der Waals surface area contributed by atoms with Gasteiger partial charge in [0.2, 0.25) is 0 Å². The van der Waals surface area contributed by atoms with Crippen LogP contribution in [0.2, 0.25) is 5.02 Å². The van der Waals surface area contributed by atoms with E-state index in [0.29, 0.717) is 17.0 Å². The van der Waals surface area contributed by atoms with Gasteiger partial charge in [0.1, 0.15) is 0 Å². The Morgan fingerprint density at radius 3 is 2.53 bits per heavy atom. The topological polar surface area (TPSA) is 37.3 Å². The van der Waals surface area contributed by atoms with Gasteiger partial charge in [-0.15, -0.1) is 0 Å². The first-order valence-corrected chi connectivity index (χ1v) is 5.38. The fourth-order valence-electron chi connectivity index (χ4n) is 1.71. The molecule has 1 fully saturated rings. The van der Waals surface area contributed by atoms with Gasteiger partial charge in [-0.3, -0.25) is 4.79 Å². The molecule has 1 aromatic carbocycles. The Labute approximate surface area is 93.9 Å². The molecule has 2 rings (SSSR count). The lowest BCUT2D eigenvalue weighted by atomic mass is 10.0. The molecule has 2 atom stereocenters. The van der Waals surface area contributed by atoms with Crippen LogP contribution >= 0.6 is 11.6 Å². The summed E-state index contributed by atoms with van der Waals surface area (Å²) >= 11 is 5.73. The lowest BCUT2D eigenvalue weighted by Crippen LogP contribution is -2.08. The normalized spacial score (nSPS) is 28.9. The van der Waals surface area contributed by atoms with Crippen molar-refractivity contribution in [3.05, 3.63) is 34.9 Å². The van der Waals surface area contributed by atoms with Crippen LogP contribution in [0.15, 0.2) is 24.3 Å². The highest BCUT2D eigenvalue weighted by atomic mass is 35.5. The van der Waals surface area contributed by atoms with E-state index in [-0.39, 0.29) is 11.7 Å². The van der Waals surface area contributed by atoms with E-state index in [2.05, 4.69) is 0 Å². The molecule has 80 valence electrons. The number of rotatable bonds is 3. The summed E-state index contributed by atoms with van der Waals surface area (Å²) in [6.07, 6.45) is 1.15. The Balaban J connectivity index is 2.00. The van der Waals surface area contributed by atoms with Crippen molar-refractivity contribution in [3.63, 3.8) is 0 Å². The minimum atomic E-state index is -0.623. The quantitative estimate of drug-likeness (QED) is 0.802. The largest absolute Gasteiger partial charge is 0.390 e. The molecule has 0 amide bonds. The Morgan fingerprint density at radius 1 is 1.53 bits per heavy atom. The molecule has 1 N–H and O–H groups in total. The Bertz CT molecular complexity index is 381. The molecule has 1 saturated carbocycles. The number of halogens is 1. The van der Waals surface area contributed by atoms with Crippen LogP contribution in [0.4, 0.5) is 0 Å². The number of Topliss-reactive ketones (excluding diaryl/α,β-unsaturated/α-hetero) is 1. The summed E-state index contributed by atoms with van der Waals surface area (Å²) in [6.45, 7) is 1.77. The van der Waals surface area contributed by atoms with Gasteiger partial charge in [-0.2, -0.15) is 0 Å². The molecule has 0 bridgehead atoms. The fourth-order valence-corrected chi connectivity index (χ4v) is 1.84. The lowest BCUT2D eigenvalue weighted by molar-refractivity contribution is 0.0941. The summed E-state index contributed by atoms with van der Waals surface area (Å²) in [5.74, 6) is 0.204. The van der Waals surface area contributed by atoms with Crippen molar-refractivity contribution < 1.29 is 9.90 Å². The summed E-state index contributed by atoms with van der Waals surface area (Å²) in [5.41, 5.74) is 0.0457. The molecule has 1 aromatic rings. The standard InChI is InChI=1S/C12H13ClO2/c1-12(15)7-9(12)6-11(14)8-2-4-10(13)5-3-8/h2-5,9,15H,6-7H2,1H3/t9-,12+/m0/s1. The Kier molecular flexibility index (Phi) is 2.57. The van der Waals surface area contributed by atoms with Gasteiger partial charge in [0.05, 0.1) is 5.60 Å². The first-order valence-electron chi connectivity index (χ1n) is 5.00. The zero-order chi connectivity index (χ0) is 11.1. The number of carbonyl (C=O) groups is 1. The molecule has 0 saturated heterocycles. The predicted octanol–water partition coefficient (Wildman–Crippen LogP) is 2.68. The molecule has 2 nitrogen and oxygen atoms in total. The first kappa shape index (κ1) is 10.7. The summed E-state index contributed by atoms with van der Waals surface area (Å²) in [5, 5.41) is 10.2. The maximum atomic E-state index is 11.7. The smallest absolute Gasteiger partial charge is 0.163 e. The minimum Gasteiger partial charge on any atom is -0.390 e. The van der Waals surface area contributed by atoms with Gasteiger partial charge in [-0.1, -0.05) is 11.6 Å². The van der Waals surface area contributed by atoms with Gasteiger partial charge in [0.15, 0.2) is 5.78 Å². The third-order valence-corrected chi connectivity index (χ3v) is 3.23. The van der Waals surface area contributed by atoms with Crippen molar-refractivity contribution in [3.8, 4) is 0 Å². The molecule has 0 spiro atoms. The molecule has 1 aliphatic carbocycles. The third-order valence-electron chi connectivity index (χ3n) is 2.98. The Morgan fingerprint density at radius 2 is 2.07 bits per heavy atom. The molecule has 3 heteroatoms. The molecule has 0 aliphatic heterocycles. The molecule has 1 aliphatic rings. The fraction of sp³-hybridized carbons (Fsp3) is 0.417. The highest BCUT2D eigenvalue weighted by Crippen LogP contribution is 2.45. The van der Waals surface area contributed by atoms with Gasteiger partial charge >= 0.3 is 0 Å². The van der Waals surface area contributed by atoms with E-state index in [0.717, 1.165) is 6.42 Å². The van der Waals surface area contributed by atoms with Crippen LogP contribution in [0.5, 0.6) is 0 Å². The van der Waals surface area contributed by atoms with Gasteiger partial charge < -0.3 is 5.11 Å². The number of benzene rings is 1. The van der Waals surface area contributed by atoms with Gasteiger partial charge in [0, 0.05) is 17.0 Å². The zero-order valence-electron chi connectivity index (χ0n) is 8.53. The monoisotopic (exact) mass is 224 g/mol. The van der Waals surface area contributed by atoms with Crippen LogP contribution < -0.4 is 0 Å². The Hall–Kier alpha value is -0.860. The molecule has 15 heavy (non-hydrogen) atoms. The van der Waals surface area contributed by atoms with Crippen molar-refractivity contribution in [2.45, 2.75) is 25.4 Å². The van der Waals surface area contributed by atoms with Crippen LogP contribution in [0.3, 0.4) is 0 Å². The minimum absolute atomic E-state index is 0.0782. The number of hydrogen-bond donors (Lipinski definition) is 1.